The van der Waals surface area contributed by atoms with Crippen molar-refractivity contribution in [3.8, 4) is 11.5 Å². The molecule has 0 radical (unpaired) electrons. The number of hydrogen-bond donors (Lipinski definition) is 1. The molecule has 0 saturated carbocycles. The van der Waals surface area contributed by atoms with Crippen molar-refractivity contribution in [1.82, 2.24) is 14.8 Å². The van der Waals surface area contributed by atoms with Gasteiger partial charge in [0.05, 0.1) is 22.8 Å². The molecule has 3 aromatic rings. The van der Waals surface area contributed by atoms with Gasteiger partial charge in [0.2, 0.25) is 5.95 Å². The van der Waals surface area contributed by atoms with Crippen molar-refractivity contribution in [2.45, 2.75) is 53.4 Å². The van der Waals surface area contributed by atoms with Crippen molar-refractivity contribution >= 4 is 27.8 Å². The zero-order valence-corrected chi connectivity index (χ0v) is 22.0. The van der Waals surface area contributed by atoms with Gasteiger partial charge in [-0.2, -0.15) is 10.1 Å². The molecule has 0 spiro atoms. The third-order valence-electron chi connectivity index (χ3n) is 5.51. The number of nitrogens with zero attached hydrogens (tertiary/aromatic N) is 3. The summed E-state index contributed by atoms with van der Waals surface area (Å²) in [5.41, 5.74) is 4.15. The first kappa shape index (κ1) is 24.8. The first-order valence-electron chi connectivity index (χ1n) is 11.5. The fourth-order valence-corrected chi connectivity index (χ4v) is 4.50. The number of aryl methyl sites for hydroxylation is 1. The Morgan fingerprint density at radius 2 is 1.91 bits per heavy atom. The van der Waals surface area contributed by atoms with Gasteiger partial charge in [0.25, 0.3) is 0 Å². The fourth-order valence-electron chi connectivity index (χ4n) is 3.93. The van der Waals surface area contributed by atoms with Gasteiger partial charge in [-0.1, -0.05) is 29.8 Å². The molecular formula is C26H29BrN4O4. The van der Waals surface area contributed by atoms with E-state index in [2.05, 4.69) is 50.4 Å². The molecule has 2 heterocycles. The van der Waals surface area contributed by atoms with Gasteiger partial charge in [-0.3, -0.25) is 0 Å². The third kappa shape index (κ3) is 5.35. The first-order valence-corrected chi connectivity index (χ1v) is 12.3. The number of halogens is 1. The van der Waals surface area contributed by atoms with Crippen molar-refractivity contribution < 1.29 is 19.0 Å². The van der Waals surface area contributed by atoms with Crippen LogP contribution in [0.15, 0.2) is 58.5 Å². The van der Waals surface area contributed by atoms with Gasteiger partial charge < -0.3 is 19.5 Å². The van der Waals surface area contributed by atoms with Crippen molar-refractivity contribution in [3.05, 3.63) is 75.2 Å². The maximum atomic E-state index is 13.1. The van der Waals surface area contributed by atoms with Gasteiger partial charge in [-0.25, -0.2) is 9.48 Å². The largest absolute Gasteiger partial charge is 0.490 e. The molecule has 1 aliphatic rings. The third-order valence-corrected chi connectivity index (χ3v) is 6.10. The van der Waals surface area contributed by atoms with E-state index in [9.17, 15) is 4.79 Å². The summed E-state index contributed by atoms with van der Waals surface area (Å²) in [4.78, 5) is 17.4. The van der Waals surface area contributed by atoms with Crippen molar-refractivity contribution in [3.63, 3.8) is 0 Å². The Balaban J connectivity index is 1.74. The summed E-state index contributed by atoms with van der Waals surface area (Å²) in [5.74, 6) is 1.29. The van der Waals surface area contributed by atoms with E-state index in [4.69, 9.17) is 14.2 Å². The second kappa shape index (κ2) is 10.5. The number of esters is 1. The minimum absolute atomic E-state index is 0.260. The molecule has 184 valence electrons. The van der Waals surface area contributed by atoms with Crippen LogP contribution in [0.5, 0.6) is 11.5 Å². The molecular weight excluding hydrogens is 512 g/mol. The highest BCUT2D eigenvalue weighted by Gasteiger charge is 2.35. The summed E-state index contributed by atoms with van der Waals surface area (Å²) in [7, 11) is 0. The molecule has 4 rings (SSSR count). The predicted molar refractivity (Wildman–Crippen MR) is 137 cm³/mol. The van der Waals surface area contributed by atoms with Crippen LogP contribution >= 0.6 is 15.9 Å². The lowest BCUT2D eigenvalue weighted by atomic mass is 9.95. The number of rotatable bonds is 8. The monoisotopic (exact) mass is 540 g/mol. The highest BCUT2D eigenvalue weighted by atomic mass is 79.9. The Bertz CT molecular complexity index is 1250. The number of carbonyl (C=O) groups excluding carboxylic acids is 1. The molecule has 2 aromatic carbocycles. The van der Waals surface area contributed by atoms with Gasteiger partial charge in [0.1, 0.15) is 19.0 Å². The summed E-state index contributed by atoms with van der Waals surface area (Å²) in [5, 5.41) is 7.54. The lowest BCUT2D eigenvalue weighted by Crippen LogP contribution is -2.30. The van der Waals surface area contributed by atoms with E-state index >= 15 is 0 Å². The van der Waals surface area contributed by atoms with Crippen LogP contribution in [0.4, 0.5) is 5.95 Å². The van der Waals surface area contributed by atoms with Crippen LogP contribution in [-0.4, -0.2) is 33.4 Å². The van der Waals surface area contributed by atoms with Gasteiger partial charge in [-0.15, -0.1) is 0 Å². The van der Waals surface area contributed by atoms with E-state index in [0.717, 1.165) is 11.1 Å². The number of ether oxygens (including phenoxy) is 3. The van der Waals surface area contributed by atoms with E-state index in [0.29, 0.717) is 46.4 Å². The number of anilines is 1. The number of hydrogen-bond acceptors (Lipinski definition) is 7. The van der Waals surface area contributed by atoms with Crippen molar-refractivity contribution in [2.75, 3.05) is 11.9 Å². The summed E-state index contributed by atoms with van der Waals surface area (Å²) >= 11 is 3.66. The van der Waals surface area contributed by atoms with Crippen LogP contribution in [-0.2, 0) is 16.1 Å². The molecule has 0 saturated heterocycles. The molecule has 0 fully saturated rings. The smallest absolute Gasteiger partial charge is 0.338 e. The zero-order chi connectivity index (χ0) is 25.1. The topological polar surface area (TPSA) is 87.5 Å². The van der Waals surface area contributed by atoms with E-state index < -0.39 is 12.0 Å². The molecule has 1 aliphatic heterocycles. The molecule has 8 nitrogen and oxygen atoms in total. The average Bonchev–Trinajstić information content (AvgIpc) is 3.26. The zero-order valence-electron chi connectivity index (χ0n) is 20.5. The van der Waals surface area contributed by atoms with E-state index in [1.54, 1.807) is 4.68 Å². The maximum Gasteiger partial charge on any atom is 0.338 e. The lowest BCUT2D eigenvalue weighted by molar-refractivity contribution is -0.143. The standard InChI is InChI=1S/C26H29BrN4O4/c1-6-33-21-12-19(11-20(27)24(21)34-13-18-9-7-16(4)8-10-18)23-22(25(32)35-15(2)3)17(5)30-26-28-14-29-31(23)26/h7-12,14-15,23H,6,13H2,1-5H3,(H,28,29,30). The average molecular weight is 541 g/mol. The van der Waals surface area contributed by atoms with Crippen LogP contribution in [0.2, 0.25) is 0 Å². The Kier molecular flexibility index (Phi) is 7.45. The molecule has 35 heavy (non-hydrogen) atoms. The minimum atomic E-state index is -0.554. The molecule has 0 bridgehead atoms. The second-order valence-corrected chi connectivity index (χ2v) is 9.44. The van der Waals surface area contributed by atoms with E-state index in [1.807, 2.05) is 52.0 Å². The first-order chi connectivity index (χ1) is 16.8. The van der Waals surface area contributed by atoms with Gasteiger partial charge in [-0.05, 0) is 73.8 Å². The van der Waals surface area contributed by atoms with Crippen LogP contribution in [0.25, 0.3) is 0 Å². The highest BCUT2D eigenvalue weighted by molar-refractivity contribution is 9.10. The van der Waals surface area contributed by atoms with Crippen LogP contribution in [0.3, 0.4) is 0 Å². The molecule has 0 amide bonds. The van der Waals surface area contributed by atoms with Crippen LogP contribution < -0.4 is 14.8 Å². The van der Waals surface area contributed by atoms with Gasteiger partial charge >= 0.3 is 5.97 Å². The van der Waals surface area contributed by atoms with Crippen LogP contribution in [0, 0.1) is 6.92 Å². The molecule has 9 heteroatoms. The predicted octanol–water partition coefficient (Wildman–Crippen LogP) is 5.57. The Hall–Kier alpha value is -3.33. The molecule has 0 aliphatic carbocycles. The van der Waals surface area contributed by atoms with Gasteiger partial charge in [0.15, 0.2) is 11.5 Å². The number of benzene rings is 2. The second-order valence-electron chi connectivity index (χ2n) is 8.59. The Labute approximate surface area is 213 Å². The molecule has 1 N–H and O–H groups in total. The molecule has 1 aromatic heterocycles. The number of fused-ring (bicyclic) bond motifs is 1. The number of aromatic nitrogens is 3. The number of carbonyl (C=O) groups is 1. The van der Waals surface area contributed by atoms with Crippen LogP contribution in [0.1, 0.15) is 50.4 Å². The van der Waals surface area contributed by atoms with E-state index in [1.165, 1.54) is 11.9 Å². The van der Waals surface area contributed by atoms with Crippen molar-refractivity contribution in [1.29, 1.82) is 0 Å². The lowest BCUT2D eigenvalue weighted by Gasteiger charge is -2.29. The van der Waals surface area contributed by atoms with Gasteiger partial charge in [0, 0.05) is 5.70 Å². The van der Waals surface area contributed by atoms with E-state index in [-0.39, 0.29) is 6.10 Å². The fraction of sp³-hybridized carbons (Fsp3) is 0.346. The Morgan fingerprint density at radius 3 is 2.60 bits per heavy atom. The SMILES string of the molecule is CCOc1cc(C2C(C(=O)OC(C)C)=C(C)Nc3ncnn32)cc(Br)c1OCc1ccc(C)cc1. The summed E-state index contributed by atoms with van der Waals surface area (Å²) in [6.45, 7) is 10.3. The summed E-state index contributed by atoms with van der Waals surface area (Å²) in [6.07, 6.45) is 1.19. The number of nitrogens with one attached hydrogen (secondary N) is 1. The highest BCUT2D eigenvalue weighted by Crippen LogP contribution is 2.43. The summed E-state index contributed by atoms with van der Waals surface area (Å²) < 4.78 is 20.1. The minimum Gasteiger partial charge on any atom is -0.490 e. The maximum absolute atomic E-state index is 13.1. The normalized spacial score (nSPS) is 15.0. The number of allylic oxidation sites excluding steroid dienone is 1. The quantitative estimate of drug-likeness (QED) is 0.373. The molecule has 1 atom stereocenters. The molecule has 1 unspecified atom stereocenters. The Morgan fingerprint density at radius 1 is 1.17 bits per heavy atom. The summed E-state index contributed by atoms with van der Waals surface area (Å²) in [6, 6.07) is 11.4. The van der Waals surface area contributed by atoms with Crippen molar-refractivity contribution in [2.24, 2.45) is 0 Å².